The molecule has 2 rings (SSSR count). The first-order valence-electron chi connectivity index (χ1n) is 8.02. The van der Waals surface area contributed by atoms with Crippen LogP contribution in [0.15, 0.2) is 17.5 Å². The van der Waals surface area contributed by atoms with Crippen molar-refractivity contribution in [2.24, 2.45) is 0 Å². The van der Waals surface area contributed by atoms with Gasteiger partial charge in [0.1, 0.15) is 0 Å². The summed E-state index contributed by atoms with van der Waals surface area (Å²) in [6.07, 6.45) is 3.18. The van der Waals surface area contributed by atoms with Crippen LogP contribution < -0.4 is 10.6 Å². The first kappa shape index (κ1) is 17.0. The molecule has 0 aromatic carbocycles. The second kappa shape index (κ2) is 8.90. The molecule has 5 nitrogen and oxygen atoms in total. The third kappa shape index (κ3) is 5.10. The van der Waals surface area contributed by atoms with E-state index < -0.39 is 11.8 Å². The van der Waals surface area contributed by atoms with Gasteiger partial charge in [-0.05, 0) is 49.7 Å². The number of thiophene rings is 1. The Bertz CT molecular complexity index is 468. The molecular formula is C16H25N3O2S. The maximum Gasteiger partial charge on any atom is 0.309 e. The van der Waals surface area contributed by atoms with Crippen LogP contribution in [0.3, 0.4) is 0 Å². The highest BCUT2D eigenvalue weighted by molar-refractivity contribution is 7.10. The summed E-state index contributed by atoms with van der Waals surface area (Å²) in [5, 5.41) is 7.41. The van der Waals surface area contributed by atoms with E-state index in [9.17, 15) is 9.59 Å². The minimum Gasteiger partial charge on any atom is -0.348 e. The fraction of sp³-hybridized carbons (Fsp3) is 0.625. The third-order valence-electron chi connectivity index (χ3n) is 3.99. The standard InChI is InChI=1S/C16H25N3O2S/c1-2-7-17-15(20)16(21)18-8-11-19-9-5-13(6-10-19)14-4-3-12-22-14/h3-4,12-13H,2,5-11H2,1H3,(H,17,20)(H,18,21). The molecule has 0 atom stereocenters. The van der Waals surface area contributed by atoms with E-state index in [-0.39, 0.29) is 0 Å². The zero-order valence-corrected chi connectivity index (χ0v) is 14.0. The summed E-state index contributed by atoms with van der Waals surface area (Å²) in [4.78, 5) is 26.8. The van der Waals surface area contributed by atoms with Crippen molar-refractivity contribution in [1.29, 1.82) is 0 Å². The van der Waals surface area contributed by atoms with Gasteiger partial charge < -0.3 is 15.5 Å². The Labute approximate surface area is 136 Å². The molecule has 1 fully saturated rings. The average Bonchev–Trinajstić information content (AvgIpc) is 3.07. The van der Waals surface area contributed by atoms with Gasteiger partial charge in [0.25, 0.3) is 0 Å². The van der Waals surface area contributed by atoms with Crippen molar-refractivity contribution in [3.8, 4) is 0 Å². The van der Waals surface area contributed by atoms with Crippen LogP contribution in [0.1, 0.15) is 37.0 Å². The maximum atomic E-state index is 11.6. The Kier molecular flexibility index (Phi) is 6.86. The molecule has 1 aromatic rings. The summed E-state index contributed by atoms with van der Waals surface area (Å²) >= 11 is 1.84. The summed E-state index contributed by atoms with van der Waals surface area (Å²) in [5.41, 5.74) is 0. The van der Waals surface area contributed by atoms with Crippen LogP contribution in [0.25, 0.3) is 0 Å². The van der Waals surface area contributed by atoms with Gasteiger partial charge in [0.05, 0.1) is 0 Å². The van der Waals surface area contributed by atoms with Gasteiger partial charge in [0.2, 0.25) is 0 Å². The van der Waals surface area contributed by atoms with Gasteiger partial charge in [0, 0.05) is 24.5 Å². The maximum absolute atomic E-state index is 11.6. The number of nitrogens with zero attached hydrogens (tertiary/aromatic N) is 1. The molecule has 22 heavy (non-hydrogen) atoms. The molecule has 6 heteroatoms. The molecule has 0 aliphatic carbocycles. The number of nitrogens with one attached hydrogen (secondary N) is 2. The molecule has 0 spiro atoms. The molecule has 2 amide bonds. The number of carbonyl (C=O) groups excluding carboxylic acids is 2. The minimum atomic E-state index is -0.529. The lowest BCUT2D eigenvalue weighted by atomic mass is 9.95. The van der Waals surface area contributed by atoms with Gasteiger partial charge in [-0.2, -0.15) is 0 Å². The topological polar surface area (TPSA) is 61.4 Å². The molecule has 2 N–H and O–H groups in total. The van der Waals surface area contributed by atoms with Crippen molar-refractivity contribution in [2.75, 3.05) is 32.7 Å². The lowest BCUT2D eigenvalue weighted by Gasteiger charge is -2.31. The number of piperidine rings is 1. The van der Waals surface area contributed by atoms with E-state index in [1.807, 2.05) is 18.3 Å². The van der Waals surface area contributed by atoms with E-state index in [1.165, 1.54) is 17.7 Å². The van der Waals surface area contributed by atoms with Crippen LogP contribution in [0, 0.1) is 0 Å². The summed E-state index contributed by atoms with van der Waals surface area (Å²) in [6.45, 7) is 5.95. The zero-order chi connectivity index (χ0) is 15.8. The molecule has 0 saturated carbocycles. The highest BCUT2D eigenvalue weighted by Gasteiger charge is 2.21. The molecule has 0 bridgehead atoms. The molecule has 1 saturated heterocycles. The first-order valence-corrected chi connectivity index (χ1v) is 8.90. The van der Waals surface area contributed by atoms with Crippen molar-refractivity contribution in [1.82, 2.24) is 15.5 Å². The van der Waals surface area contributed by atoms with Crippen LogP contribution in [0.2, 0.25) is 0 Å². The highest BCUT2D eigenvalue weighted by atomic mass is 32.1. The SMILES string of the molecule is CCCNC(=O)C(=O)NCCN1CCC(c2cccs2)CC1. The summed E-state index contributed by atoms with van der Waals surface area (Å²) in [5.74, 6) is -0.370. The molecule has 122 valence electrons. The highest BCUT2D eigenvalue weighted by Crippen LogP contribution is 2.30. The van der Waals surface area contributed by atoms with Crippen molar-refractivity contribution in [3.05, 3.63) is 22.4 Å². The van der Waals surface area contributed by atoms with Crippen LogP contribution in [-0.4, -0.2) is 49.4 Å². The number of hydrogen-bond acceptors (Lipinski definition) is 4. The smallest absolute Gasteiger partial charge is 0.309 e. The van der Waals surface area contributed by atoms with Crippen LogP contribution in [-0.2, 0) is 9.59 Å². The number of amides is 2. The average molecular weight is 323 g/mol. The lowest BCUT2D eigenvalue weighted by Crippen LogP contribution is -2.44. The Morgan fingerprint density at radius 2 is 1.91 bits per heavy atom. The van der Waals surface area contributed by atoms with Gasteiger partial charge in [-0.15, -0.1) is 11.3 Å². The first-order chi connectivity index (χ1) is 10.7. The minimum absolute atomic E-state index is 0.526. The van der Waals surface area contributed by atoms with Gasteiger partial charge in [-0.1, -0.05) is 13.0 Å². The molecule has 2 heterocycles. The van der Waals surface area contributed by atoms with Crippen molar-refractivity contribution < 1.29 is 9.59 Å². The van der Waals surface area contributed by atoms with E-state index in [2.05, 4.69) is 33.0 Å². The number of likely N-dealkylation sites (tertiary alicyclic amines) is 1. The predicted molar refractivity (Wildman–Crippen MR) is 89.0 cm³/mol. The fourth-order valence-electron chi connectivity index (χ4n) is 2.69. The zero-order valence-electron chi connectivity index (χ0n) is 13.1. The largest absolute Gasteiger partial charge is 0.348 e. The summed E-state index contributed by atoms with van der Waals surface area (Å²) in [6, 6.07) is 4.34. The molecule has 1 aliphatic rings. The van der Waals surface area contributed by atoms with E-state index in [0.29, 0.717) is 19.0 Å². The molecule has 0 unspecified atom stereocenters. The van der Waals surface area contributed by atoms with Crippen LogP contribution in [0.4, 0.5) is 0 Å². The Morgan fingerprint density at radius 1 is 1.23 bits per heavy atom. The Morgan fingerprint density at radius 3 is 2.50 bits per heavy atom. The molecular weight excluding hydrogens is 298 g/mol. The van der Waals surface area contributed by atoms with E-state index in [0.717, 1.165) is 26.1 Å². The van der Waals surface area contributed by atoms with E-state index in [4.69, 9.17) is 0 Å². The van der Waals surface area contributed by atoms with Gasteiger partial charge in [-0.25, -0.2) is 0 Å². The van der Waals surface area contributed by atoms with Gasteiger partial charge >= 0.3 is 11.8 Å². The van der Waals surface area contributed by atoms with Gasteiger partial charge in [0.15, 0.2) is 0 Å². The second-order valence-electron chi connectivity index (χ2n) is 5.64. The molecule has 1 aliphatic heterocycles. The van der Waals surface area contributed by atoms with Crippen molar-refractivity contribution in [3.63, 3.8) is 0 Å². The van der Waals surface area contributed by atoms with Crippen molar-refractivity contribution >= 4 is 23.2 Å². The number of rotatable bonds is 6. The van der Waals surface area contributed by atoms with E-state index in [1.54, 1.807) is 0 Å². The van der Waals surface area contributed by atoms with Crippen molar-refractivity contribution in [2.45, 2.75) is 32.1 Å². The lowest BCUT2D eigenvalue weighted by molar-refractivity contribution is -0.139. The quantitative estimate of drug-likeness (QED) is 0.781. The molecule has 0 radical (unpaired) electrons. The van der Waals surface area contributed by atoms with Gasteiger partial charge in [-0.3, -0.25) is 9.59 Å². The fourth-order valence-corrected chi connectivity index (χ4v) is 3.59. The predicted octanol–water partition coefficient (Wildman–Crippen LogP) is 1.57. The van der Waals surface area contributed by atoms with E-state index >= 15 is 0 Å². The normalized spacial score (nSPS) is 16.4. The summed E-state index contributed by atoms with van der Waals surface area (Å²) < 4.78 is 0. The number of hydrogen-bond donors (Lipinski definition) is 2. The van der Waals surface area contributed by atoms with Crippen LogP contribution >= 0.6 is 11.3 Å². The Balaban J connectivity index is 1.61. The Hall–Kier alpha value is -1.40. The van der Waals surface area contributed by atoms with Crippen LogP contribution in [0.5, 0.6) is 0 Å². The number of carbonyl (C=O) groups is 2. The monoisotopic (exact) mass is 323 g/mol. The molecule has 1 aromatic heterocycles. The summed E-state index contributed by atoms with van der Waals surface area (Å²) in [7, 11) is 0. The second-order valence-corrected chi connectivity index (χ2v) is 6.62. The third-order valence-corrected chi connectivity index (χ3v) is 5.02.